The Morgan fingerprint density at radius 3 is 2.75 bits per heavy atom. The molecule has 0 radical (unpaired) electrons. The average Bonchev–Trinajstić information content (AvgIpc) is 2.33. The summed E-state index contributed by atoms with van der Waals surface area (Å²) in [5.74, 6) is 0. The topological polar surface area (TPSA) is 26.0 Å². The van der Waals surface area contributed by atoms with Gasteiger partial charge in [0.25, 0.3) is 0 Å². The summed E-state index contributed by atoms with van der Waals surface area (Å²) in [6.07, 6.45) is 7.15. The molecule has 0 aliphatic heterocycles. The second-order valence-corrected chi connectivity index (χ2v) is 4.92. The lowest BCUT2D eigenvalue weighted by molar-refractivity contribution is 0.648. The molecule has 1 unspecified atom stereocenters. The van der Waals surface area contributed by atoms with Crippen LogP contribution in [0.2, 0.25) is 5.02 Å². The number of aryl methyl sites for hydroxylation is 1. The van der Waals surface area contributed by atoms with Gasteiger partial charge in [-0.3, -0.25) is 0 Å². The summed E-state index contributed by atoms with van der Waals surface area (Å²) in [5.41, 5.74) is 9.86. The third-order valence-corrected chi connectivity index (χ3v) is 3.69. The zero-order valence-electron chi connectivity index (χ0n) is 9.67. The van der Waals surface area contributed by atoms with Gasteiger partial charge >= 0.3 is 0 Å². The molecule has 2 N–H and O–H groups in total. The smallest absolute Gasteiger partial charge is 0.0511 e. The number of halogens is 1. The first kappa shape index (κ1) is 11.7. The number of hydrogen-bond acceptors (Lipinski definition) is 1. The van der Waals surface area contributed by atoms with Gasteiger partial charge in [-0.1, -0.05) is 35.4 Å². The van der Waals surface area contributed by atoms with Crippen LogP contribution in [0.25, 0.3) is 0 Å². The Labute approximate surface area is 102 Å². The summed E-state index contributed by atoms with van der Waals surface area (Å²) in [6, 6.07) is 6.15. The molecule has 1 aliphatic rings. The summed E-state index contributed by atoms with van der Waals surface area (Å²) in [5, 5.41) is 0.810. The number of rotatable bonds is 2. The van der Waals surface area contributed by atoms with Crippen LogP contribution in [0.5, 0.6) is 0 Å². The number of hydrogen-bond donors (Lipinski definition) is 1. The van der Waals surface area contributed by atoms with Crippen LogP contribution in [-0.4, -0.2) is 0 Å². The normalized spacial score (nSPS) is 18.1. The Hall–Kier alpha value is -0.790. The van der Waals surface area contributed by atoms with Gasteiger partial charge in [0.1, 0.15) is 0 Å². The highest BCUT2D eigenvalue weighted by molar-refractivity contribution is 6.31. The molecule has 0 amide bonds. The van der Waals surface area contributed by atoms with Gasteiger partial charge in [0, 0.05) is 5.02 Å². The van der Waals surface area contributed by atoms with Gasteiger partial charge in [-0.15, -0.1) is 0 Å². The molecule has 86 valence electrons. The Morgan fingerprint density at radius 1 is 1.31 bits per heavy atom. The maximum Gasteiger partial charge on any atom is 0.0511 e. The SMILES string of the molecule is Cc1ccc(C(N)C2=CCCCC2)cc1Cl. The van der Waals surface area contributed by atoms with Gasteiger partial charge in [0.15, 0.2) is 0 Å². The molecule has 1 aromatic rings. The van der Waals surface area contributed by atoms with E-state index < -0.39 is 0 Å². The van der Waals surface area contributed by atoms with Crippen LogP contribution < -0.4 is 5.73 Å². The second-order valence-electron chi connectivity index (χ2n) is 4.51. The summed E-state index contributed by atoms with van der Waals surface area (Å²) < 4.78 is 0. The standard InChI is InChI=1S/C14H18ClN/c1-10-7-8-12(9-13(10)15)14(16)11-5-3-2-4-6-11/h5,7-9,14H,2-4,6,16H2,1H3. The molecule has 0 saturated carbocycles. The van der Waals surface area contributed by atoms with Crippen LogP contribution in [0, 0.1) is 6.92 Å². The number of allylic oxidation sites excluding steroid dienone is 1. The van der Waals surface area contributed by atoms with Crippen LogP contribution in [-0.2, 0) is 0 Å². The van der Waals surface area contributed by atoms with E-state index in [9.17, 15) is 0 Å². The molecular weight excluding hydrogens is 218 g/mol. The fraction of sp³-hybridized carbons (Fsp3) is 0.429. The molecule has 16 heavy (non-hydrogen) atoms. The van der Waals surface area contributed by atoms with Crippen molar-refractivity contribution in [3.63, 3.8) is 0 Å². The lowest BCUT2D eigenvalue weighted by atomic mass is 9.90. The number of benzene rings is 1. The predicted octanol–water partition coefficient (Wildman–Crippen LogP) is 4.15. The average molecular weight is 236 g/mol. The molecule has 0 aromatic heterocycles. The maximum absolute atomic E-state index is 6.26. The van der Waals surface area contributed by atoms with E-state index in [-0.39, 0.29) is 6.04 Å². The Morgan fingerprint density at radius 2 is 2.12 bits per heavy atom. The maximum atomic E-state index is 6.26. The molecule has 2 rings (SSSR count). The van der Waals surface area contributed by atoms with Crippen molar-refractivity contribution in [3.8, 4) is 0 Å². The molecule has 1 atom stereocenters. The lowest BCUT2D eigenvalue weighted by Gasteiger charge is -2.20. The Balaban J connectivity index is 2.22. The molecule has 0 bridgehead atoms. The van der Waals surface area contributed by atoms with Crippen LogP contribution in [0.3, 0.4) is 0 Å². The third kappa shape index (κ3) is 2.47. The predicted molar refractivity (Wildman–Crippen MR) is 69.7 cm³/mol. The van der Waals surface area contributed by atoms with E-state index in [1.807, 2.05) is 19.1 Å². The van der Waals surface area contributed by atoms with E-state index >= 15 is 0 Å². The third-order valence-electron chi connectivity index (χ3n) is 3.28. The molecule has 1 aliphatic carbocycles. The summed E-state index contributed by atoms with van der Waals surface area (Å²) >= 11 is 6.12. The van der Waals surface area contributed by atoms with Crippen molar-refractivity contribution in [1.29, 1.82) is 0 Å². The highest BCUT2D eigenvalue weighted by atomic mass is 35.5. The quantitative estimate of drug-likeness (QED) is 0.766. The van der Waals surface area contributed by atoms with Gasteiger partial charge in [-0.25, -0.2) is 0 Å². The van der Waals surface area contributed by atoms with Crippen molar-refractivity contribution in [2.45, 2.75) is 38.6 Å². The zero-order valence-corrected chi connectivity index (χ0v) is 10.4. The largest absolute Gasteiger partial charge is 0.321 e. The van der Waals surface area contributed by atoms with E-state index in [0.717, 1.165) is 22.6 Å². The first-order valence-corrected chi connectivity index (χ1v) is 6.27. The Kier molecular flexibility index (Phi) is 3.67. The fourth-order valence-corrected chi connectivity index (χ4v) is 2.35. The monoisotopic (exact) mass is 235 g/mol. The van der Waals surface area contributed by atoms with Gasteiger partial charge < -0.3 is 5.73 Å². The van der Waals surface area contributed by atoms with Crippen molar-refractivity contribution in [2.75, 3.05) is 0 Å². The molecule has 0 heterocycles. The van der Waals surface area contributed by atoms with Crippen molar-refractivity contribution in [2.24, 2.45) is 5.73 Å². The highest BCUT2D eigenvalue weighted by Crippen LogP contribution is 2.29. The van der Waals surface area contributed by atoms with Crippen molar-refractivity contribution in [1.82, 2.24) is 0 Å². The van der Waals surface area contributed by atoms with Crippen molar-refractivity contribution >= 4 is 11.6 Å². The van der Waals surface area contributed by atoms with E-state index in [0.29, 0.717) is 0 Å². The molecule has 1 nitrogen and oxygen atoms in total. The minimum atomic E-state index is 0.0263. The van der Waals surface area contributed by atoms with E-state index in [4.69, 9.17) is 17.3 Å². The summed E-state index contributed by atoms with van der Waals surface area (Å²) in [6.45, 7) is 2.01. The van der Waals surface area contributed by atoms with E-state index in [1.54, 1.807) is 0 Å². The molecule has 0 spiro atoms. The second kappa shape index (κ2) is 5.03. The summed E-state index contributed by atoms with van der Waals surface area (Å²) in [7, 11) is 0. The molecule has 2 heteroatoms. The van der Waals surface area contributed by atoms with Gasteiger partial charge in [0.05, 0.1) is 6.04 Å². The summed E-state index contributed by atoms with van der Waals surface area (Å²) in [4.78, 5) is 0. The first-order chi connectivity index (χ1) is 7.68. The van der Waals surface area contributed by atoms with Crippen LogP contribution >= 0.6 is 11.6 Å². The fourth-order valence-electron chi connectivity index (χ4n) is 2.16. The zero-order chi connectivity index (χ0) is 11.5. The minimum Gasteiger partial charge on any atom is -0.321 e. The van der Waals surface area contributed by atoms with Crippen LogP contribution in [0.15, 0.2) is 29.8 Å². The first-order valence-electron chi connectivity index (χ1n) is 5.89. The Bertz CT molecular complexity index is 409. The molecular formula is C14H18ClN. The molecule has 1 aromatic carbocycles. The number of nitrogens with two attached hydrogens (primary N) is 1. The van der Waals surface area contributed by atoms with Crippen molar-refractivity contribution in [3.05, 3.63) is 46.0 Å². The van der Waals surface area contributed by atoms with Gasteiger partial charge in [-0.2, -0.15) is 0 Å². The molecule has 0 saturated heterocycles. The van der Waals surface area contributed by atoms with E-state index in [1.165, 1.54) is 24.8 Å². The lowest BCUT2D eigenvalue weighted by Crippen LogP contribution is -2.14. The molecule has 0 fully saturated rings. The van der Waals surface area contributed by atoms with E-state index in [2.05, 4.69) is 12.1 Å². The minimum absolute atomic E-state index is 0.0263. The highest BCUT2D eigenvalue weighted by Gasteiger charge is 2.14. The van der Waals surface area contributed by atoms with Gasteiger partial charge in [0.2, 0.25) is 0 Å². The van der Waals surface area contributed by atoms with Crippen molar-refractivity contribution < 1.29 is 0 Å². The van der Waals surface area contributed by atoms with Crippen LogP contribution in [0.4, 0.5) is 0 Å². The van der Waals surface area contributed by atoms with Crippen LogP contribution in [0.1, 0.15) is 42.9 Å². The van der Waals surface area contributed by atoms with Gasteiger partial charge in [-0.05, 0) is 49.8 Å².